The molecule has 0 amide bonds. The van der Waals surface area contributed by atoms with Crippen molar-refractivity contribution < 1.29 is 9.85 Å². The first-order valence-corrected chi connectivity index (χ1v) is 6.08. The lowest BCUT2D eigenvalue weighted by atomic mass is 9.96. The van der Waals surface area contributed by atoms with Gasteiger partial charge in [-0.1, -0.05) is 11.6 Å². The molecule has 1 aliphatic rings. The molecule has 7 nitrogen and oxygen atoms in total. The molecular formula is C11H12ClN3O4. The number of likely N-dealkylation sites (tertiary alicyclic amines) is 1. The number of nitro benzene ring substituents is 2. The van der Waals surface area contributed by atoms with Crippen molar-refractivity contribution in [1.29, 1.82) is 0 Å². The number of nitrogens with zero attached hydrogens (tertiary/aromatic N) is 3. The SMILES string of the molecule is CN1CCC(c2cc(Cl)c([N+](=O)[O-])cc2[N+](=O)[O-])C1. The standard InChI is InChI=1S/C11H12ClN3O4/c1-13-3-2-7(6-13)8-4-9(12)11(15(18)19)5-10(8)14(16)17/h4-5,7H,2-3,6H2,1H3. The van der Waals surface area contributed by atoms with E-state index < -0.39 is 15.5 Å². The highest BCUT2D eigenvalue weighted by atomic mass is 35.5. The van der Waals surface area contributed by atoms with Gasteiger partial charge in [-0.2, -0.15) is 0 Å². The molecule has 0 aliphatic carbocycles. The molecule has 19 heavy (non-hydrogen) atoms. The van der Waals surface area contributed by atoms with Crippen LogP contribution in [0.1, 0.15) is 17.9 Å². The van der Waals surface area contributed by atoms with E-state index in [4.69, 9.17) is 11.6 Å². The summed E-state index contributed by atoms with van der Waals surface area (Å²) >= 11 is 5.84. The van der Waals surface area contributed by atoms with Crippen LogP contribution in [0.5, 0.6) is 0 Å². The molecule has 0 N–H and O–H groups in total. The summed E-state index contributed by atoms with van der Waals surface area (Å²) in [7, 11) is 1.93. The number of hydrogen-bond donors (Lipinski definition) is 0. The monoisotopic (exact) mass is 285 g/mol. The predicted octanol–water partition coefficient (Wildman–Crippen LogP) is 2.58. The second-order valence-corrected chi connectivity index (χ2v) is 5.03. The van der Waals surface area contributed by atoms with Gasteiger partial charge in [0, 0.05) is 18.0 Å². The lowest BCUT2D eigenvalue weighted by Gasteiger charge is -2.11. The highest BCUT2D eigenvalue weighted by Gasteiger charge is 2.31. The molecule has 1 unspecified atom stereocenters. The second kappa shape index (κ2) is 5.10. The van der Waals surface area contributed by atoms with Crippen molar-refractivity contribution in [2.24, 2.45) is 0 Å². The van der Waals surface area contributed by atoms with Gasteiger partial charge < -0.3 is 4.90 Å². The number of nitro groups is 2. The Balaban J connectivity index is 2.51. The molecule has 0 spiro atoms. The van der Waals surface area contributed by atoms with Crippen LogP contribution in [-0.2, 0) is 0 Å². The number of hydrogen-bond acceptors (Lipinski definition) is 5. The fourth-order valence-corrected chi connectivity index (χ4v) is 2.62. The zero-order chi connectivity index (χ0) is 14.2. The van der Waals surface area contributed by atoms with E-state index in [9.17, 15) is 20.2 Å². The van der Waals surface area contributed by atoms with Gasteiger partial charge in [0.15, 0.2) is 0 Å². The largest absolute Gasteiger partial charge is 0.306 e. The van der Waals surface area contributed by atoms with Crippen LogP contribution < -0.4 is 0 Å². The van der Waals surface area contributed by atoms with Gasteiger partial charge in [0.2, 0.25) is 0 Å². The molecule has 0 bridgehead atoms. The summed E-state index contributed by atoms with van der Waals surface area (Å²) in [5.41, 5.74) is -0.176. The van der Waals surface area contributed by atoms with Crippen LogP contribution in [0.2, 0.25) is 5.02 Å². The average Bonchev–Trinajstić information content (AvgIpc) is 2.74. The second-order valence-electron chi connectivity index (χ2n) is 4.62. The van der Waals surface area contributed by atoms with Gasteiger partial charge in [-0.15, -0.1) is 0 Å². The fourth-order valence-electron chi connectivity index (χ4n) is 2.38. The lowest BCUT2D eigenvalue weighted by Crippen LogP contribution is -2.14. The highest BCUT2D eigenvalue weighted by molar-refractivity contribution is 6.32. The first-order chi connectivity index (χ1) is 8.90. The van der Waals surface area contributed by atoms with E-state index in [-0.39, 0.29) is 16.6 Å². The van der Waals surface area contributed by atoms with Crippen LogP contribution in [0.15, 0.2) is 12.1 Å². The van der Waals surface area contributed by atoms with E-state index in [1.54, 1.807) is 0 Å². The van der Waals surface area contributed by atoms with Crippen molar-refractivity contribution in [3.8, 4) is 0 Å². The Morgan fingerprint density at radius 2 is 1.89 bits per heavy atom. The third-order valence-corrected chi connectivity index (χ3v) is 3.62. The molecule has 1 heterocycles. The van der Waals surface area contributed by atoms with Gasteiger partial charge in [-0.25, -0.2) is 0 Å². The molecular weight excluding hydrogens is 274 g/mol. The van der Waals surface area contributed by atoms with E-state index in [2.05, 4.69) is 4.90 Å². The number of benzene rings is 1. The molecule has 102 valence electrons. The van der Waals surface area contributed by atoms with E-state index >= 15 is 0 Å². The smallest absolute Gasteiger partial charge is 0.294 e. The Bertz CT molecular complexity index is 549. The number of halogens is 1. The topological polar surface area (TPSA) is 89.5 Å². The molecule has 1 saturated heterocycles. The molecule has 1 aromatic carbocycles. The average molecular weight is 286 g/mol. The highest BCUT2D eigenvalue weighted by Crippen LogP contribution is 2.38. The van der Waals surface area contributed by atoms with E-state index in [0.29, 0.717) is 12.1 Å². The van der Waals surface area contributed by atoms with Crippen LogP contribution in [0.25, 0.3) is 0 Å². The summed E-state index contributed by atoms with van der Waals surface area (Å²) in [6.45, 7) is 1.53. The van der Waals surface area contributed by atoms with Crippen LogP contribution in [0.4, 0.5) is 11.4 Å². The summed E-state index contributed by atoms with van der Waals surface area (Å²) < 4.78 is 0. The van der Waals surface area contributed by atoms with Crippen molar-refractivity contribution in [2.75, 3.05) is 20.1 Å². The molecule has 0 radical (unpaired) electrons. The molecule has 0 saturated carbocycles. The maximum Gasteiger partial charge on any atom is 0.294 e. The maximum absolute atomic E-state index is 11.1. The van der Waals surface area contributed by atoms with Crippen molar-refractivity contribution >= 4 is 23.0 Å². The molecule has 0 aromatic heterocycles. The summed E-state index contributed by atoms with van der Waals surface area (Å²) in [4.78, 5) is 22.6. The Morgan fingerprint density at radius 1 is 1.26 bits per heavy atom. The lowest BCUT2D eigenvalue weighted by molar-refractivity contribution is -0.394. The van der Waals surface area contributed by atoms with E-state index in [1.807, 2.05) is 7.05 Å². The molecule has 1 aliphatic heterocycles. The van der Waals surface area contributed by atoms with Gasteiger partial charge in [0.25, 0.3) is 11.4 Å². The molecule has 1 aromatic rings. The number of likely N-dealkylation sites (N-methyl/N-ethyl adjacent to an activating group) is 1. The third kappa shape index (κ3) is 2.66. The van der Waals surface area contributed by atoms with Crippen LogP contribution >= 0.6 is 11.6 Å². The Morgan fingerprint density at radius 3 is 2.37 bits per heavy atom. The van der Waals surface area contributed by atoms with Crippen molar-refractivity contribution in [1.82, 2.24) is 4.90 Å². The first kappa shape index (κ1) is 13.7. The minimum absolute atomic E-state index is 0.0105. The third-order valence-electron chi connectivity index (χ3n) is 3.32. The van der Waals surface area contributed by atoms with Crippen LogP contribution in [0.3, 0.4) is 0 Å². The zero-order valence-electron chi connectivity index (χ0n) is 10.2. The van der Waals surface area contributed by atoms with Crippen molar-refractivity contribution in [2.45, 2.75) is 12.3 Å². The van der Waals surface area contributed by atoms with E-state index in [1.165, 1.54) is 6.07 Å². The molecule has 8 heteroatoms. The minimum Gasteiger partial charge on any atom is -0.306 e. The van der Waals surface area contributed by atoms with Crippen LogP contribution in [-0.4, -0.2) is 34.9 Å². The fraction of sp³-hybridized carbons (Fsp3) is 0.455. The molecule has 1 fully saturated rings. The van der Waals surface area contributed by atoms with E-state index in [0.717, 1.165) is 19.0 Å². The number of rotatable bonds is 3. The quantitative estimate of drug-likeness (QED) is 0.629. The molecule has 1 atom stereocenters. The van der Waals surface area contributed by atoms with Gasteiger partial charge in [0.1, 0.15) is 5.02 Å². The van der Waals surface area contributed by atoms with Gasteiger partial charge in [-0.05, 0) is 26.1 Å². The summed E-state index contributed by atoms with van der Waals surface area (Å²) in [6, 6.07) is 2.32. The minimum atomic E-state index is -0.708. The first-order valence-electron chi connectivity index (χ1n) is 5.71. The van der Waals surface area contributed by atoms with Gasteiger partial charge in [0.05, 0.1) is 15.9 Å². The van der Waals surface area contributed by atoms with Crippen LogP contribution in [0, 0.1) is 20.2 Å². The van der Waals surface area contributed by atoms with Crippen molar-refractivity contribution in [3.63, 3.8) is 0 Å². The summed E-state index contributed by atoms with van der Waals surface area (Å²) in [6.07, 6.45) is 0.783. The normalized spacial score (nSPS) is 19.6. The van der Waals surface area contributed by atoms with Crippen molar-refractivity contribution in [3.05, 3.63) is 42.9 Å². The summed E-state index contributed by atoms with van der Waals surface area (Å²) in [5.74, 6) is -0.0105. The maximum atomic E-state index is 11.1. The van der Waals surface area contributed by atoms with Gasteiger partial charge >= 0.3 is 0 Å². The molecule has 2 rings (SSSR count). The Hall–Kier alpha value is -1.73. The predicted molar refractivity (Wildman–Crippen MR) is 69.6 cm³/mol. The van der Waals surface area contributed by atoms with Gasteiger partial charge in [-0.3, -0.25) is 20.2 Å². The Kier molecular flexibility index (Phi) is 3.68. The summed E-state index contributed by atoms with van der Waals surface area (Å²) in [5, 5.41) is 21.8. The Labute approximate surface area is 114 Å². The zero-order valence-corrected chi connectivity index (χ0v) is 11.0.